The van der Waals surface area contributed by atoms with Crippen LogP contribution in [0.25, 0.3) is 21.8 Å². The van der Waals surface area contributed by atoms with E-state index in [-0.39, 0.29) is 6.42 Å². The minimum absolute atomic E-state index is 0.0322. The fourth-order valence-corrected chi connectivity index (χ4v) is 2.67. The van der Waals surface area contributed by atoms with Crippen molar-refractivity contribution < 1.29 is 9.90 Å². The monoisotopic (exact) mass is 293 g/mol. The van der Waals surface area contributed by atoms with Gasteiger partial charge < -0.3 is 10.1 Å². The smallest absolute Gasteiger partial charge is 0.307 e. The fraction of sp³-hybridized carbons (Fsp3) is 0.0714. The lowest BCUT2D eigenvalue weighted by atomic mass is 10.1. The summed E-state index contributed by atoms with van der Waals surface area (Å²) in [6.07, 6.45) is -0.0322. The maximum absolute atomic E-state index is 10.9. The van der Waals surface area contributed by atoms with Gasteiger partial charge in [0.25, 0.3) is 0 Å². The molecule has 3 nitrogen and oxygen atoms in total. The second kappa shape index (κ2) is 4.44. The number of aromatic nitrogens is 1. The zero-order valence-electron chi connectivity index (χ0n) is 9.71. The van der Waals surface area contributed by atoms with Crippen molar-refractivity contribution in [3.05, 3.63) is 45.9 Å². The van der Waals surface area contributed by atoms with Crippen LogP contribution >= 0.6 is 23.2 Å². The average Bonchev–Trinajstić information content (AvgIpc) is 2.74. The molecule has 0 aliphatic rings. The number of carboxylic acids is 1. The summed E-state index contributed by atoms with van der Waals surface area (Å²) in [5.41, 5.74) is 2.26. The Morgan fingerprint density at radius 2 is 1.84 bits per heavy atom. The summed E-state index contributed by atoms with van der Waals surface area (Å²) < 4.78 is 0. The number of para-hydroxylation sites is 1. The fourth-order valence-electron chi connectivity index (χ4n) is 2.30. The SMILES string of the molecule is O=C(O)Cc1cccc2c1[nH]c1c(Cl)c(Cl)ccc12. The van der Waals surface area contributed by atoms with Gasteiger partial charge in [-0.05, 0) is 11.6 Å². The van der Waals surface area contributed by atoms with Crippen molar-refractivity contribution >= 4 is 51.0 Å². The molecule has 0 bridgehead atoms. The molecule has 0 aliphatic heterocycles. The van der Waals surface area contributed by atoms with Crippen molar-refractivity contribution in [2.24, 2.45) is 0 Å². The number of carbonyl (C=O) groups is 1. The second-order valence-electron chi connectivity index (χ2n) is 4.32. The highest BCUT2D eigenvalue weighted by atomic mass is 35.5. The van der Waals surface area contributed by atoms with Crippen molar-refractivity contribution in [1.29, 1.82) is 0 Å². The maximum atomic E-state index is 10.9. The Hall–Kier alpha value is -1.71. The molecule has 1 aromatic heterocycles. The van der Waals surface area contributed by atoms with E-state index < -0.39 is 5.97 Å². The van der Waals surface area contributed by atoms with Crippen LogP contribution < -0.4 is 0 Å². The number of H-pyrrole nitrogens is 1. The van der Waals surface area contributed by atoms with Gasteiger partial charge in [-0.3, -0.25) is 4.79 Å². The van der Waals surface area contributed by atoms with Crippen LogP contribution in [0.5, 0.6) is 0 Å². The van der Waals surface area contributed by atoms with Gasteiger partial charge in [0.1, 0.15) is 0 Å². The topological polar surface area (TPSA) is 53.1 Å². The van der Waals surface area contributed by atoms with Crippen LogP contribution in [0.15, 0.2) is 30.3 Å². The number of fused-ring (bicyclic) bond motifs is 3. The number of aliphatic carboxylic acids is 1. The number of carboxylic acid groups (broad SMARTS) is 1. The van der Waals surface area contributed by atoms with Crippen LogP contribution in [0.2, 0.25) is 10.0 Å². The molecule has 19 heavy (non-hydrogen) atoms. The molecule has 96 valence electrons. The predicted molar refractivity (Wildman–Crippen MR) is 77.2 cm³/mol. The first-order valence-electron chi connectivity index (χ1n) is 5.67. The third kappa shape index (κ3) is 1.95. The van der Waals surface area contributed by atoms with Crippen LogP contribution in [0.3, 0.4) is 0 Å². The lowest BCUT2D eigenvalue weighted by molar-refractivity contribution is -0.136. The number of benzene rings is 2. The van der Waals surface area contributed by atoms with Crippen molar-refractivity contribution in [2.45, 2.75) is 6.42 Å². The molecule has 0 spiro atoms. The van der Waals surface area contributed by atoms with Crippen LogP contribution in [0, 0.1) is 0 Å². The molecule has 0 atom stereocenters. The minimum atomic E-state index is -0.865. The molecule has 3 rings (SSSR count). The Morgan fingerprint density at radius 1 is 1.11 bits per heavy atom. The summed E-state index contributed by atoms with van der Waals surface area (Å²) >= 11 is 12.2. The number of halogens is 2. The number of nitrogens with one attached hydrogen (secondary N) is 1. The molecule has 5 heteroatoms. The number of hydrogen-bond donors (Lipinski definition) is 2. The van der Waals surface area contributed by atoms with Gasteiger partial charge in [0, 0.05) is 10.8 Å². The third-order valence-electron chi connectivity index (χ3n) is 3.13. The van der Waals surface area contributed by atoms with Crippen molar-refractivity contribution in [2.75, 3.05) is 0 Å². The Labute approximate surface area is 118 Å². The largest absolute Gasteiger partial charge is 0.481 e. The molecule has 0 aliphatic carbocycles. The first kappa shape index (κ1) is 12.3. The van der Waals surface area contributed by atoms with Crippen molar-refractivity contribution in [3.8, 4) is 0 Å². The highest BCUT2D eigenvalue weighted by molar-refractivity contribution is 6.45. The molecule has 0 saturated heterocycles. The highest BCUT2D eigenvalue weighted by Crippen LogP contribution is 2.35. The van der Waals surface area contributed by atoms with E-state index in [1.165, 1.54) is 0 Å². The zero-order chi connectivity index (χ0) is 13.6. The summed E-state index contributed by atoms with van der Waals surface area (Å²) in [5, 5.41) is 11.8. The van der Waals surface area contributed by atoms with Gasteiger partial charge in [-0.25, -0.2) is 0 Å². The van der Waals surface area contributed by atoms with E-state index >= 15 is 0 Å². The number of rotatable bonds is 2. The molecular formula is C14H9Cl2NO2. The van der Waals surface area contributed by atoms with Gasteiger partial charge in [0.15, 0.2) is 0 Å². The summed E-state index contributed by atoms with van der Waals surface area (Å²) in [7, 11) is 0. The van der Waals surface area contributed by atoms with Gasteiger partial charge >= 0.3 is 5.97 Å². The molecular weight excluding hydrogens is 285 g/mol. The highest BCUT2D eigenvalue weighted by Gasteiger charge is 2.13. The van der Waals surface area contributed by atoms with Gasteiger partial charge in [0.05, 0.1) is 27.5 Å². The van der Waals surface area contributed by atoms with Gasteiger partial charge in [-0.2, -0.15) is 0 Å². The van der Waals surface area contributed by atoms with Crippen molar-refractivity contribution in [3.63, 3.8) is 0 Å². The predicted octanol–water partition coefficient (Wildman–Crippen LogP) is 4.26. The summed E-state index contributed by atoms with van der Waals surface area (Å²) in [4.78, 5) is 14.1. The number of hydrogen-bond acceptors (Lipinski definition) is 1. The van der Waals surface area contributed by atoms with E-state index in [9.17, 15) is 4.79 Å². The summed E-state index contributed by atoms with van der Waals surface area (Å²) in [6, 6.07) is 9.19. The molecule has 1 heterocycles. The molecule has 2 N–H and O–H groups in total. The minimum Gasteiger partial charge on any atom is -0.481 e. The third-order valence-corrected chi connectivity index (χ3v) is 3.93. The first-order chi connectivity index (χ1) is 9.08. The Kier molecular flexibility index (Phi) is 2.88. The van der Waals surface area contributed by atoms with Gasteiger partial charge in [0.2, 0.25) is 0 Å². The van der Waals surface area contributed by atoms with E-state index in [0.29, 0.717) is 10.0 Å². The van der Waals surface area contributed by atoms with Gasteiger partial charge in [-0.1, -0.05) is 47.5 Å². The molecule has 3 aromatic rings. The summed E-state index contributed by atoms with van der Waals surface area (Å²) in [5.74, 6) is -0.865. The number of aromatic amines is 1. The van der Waals surface area contributed by atoms with E-state index in [2.05, 4.69) is 4.98 Å². The lowest BCUT2D eigenvalue weighted by Crippen LogP contribution is -2.00. The van der Waals surface area contributed by atoms with E-state index in [1.54, 1.807) is 12.1 Å². The Balaban J connectivity index is 2.39. The first-order valence-corrected chi connectivity index (χ1v) is 6.42. The molecule has 0 unspecified atom stereocenters. The second-order valence-corrected chi connectivity index (χ2v) is 5.10. The molecule has 0 amide bonds. The van der Waals surface area contributed by atoms with Crippen LogP contribution in [0.1, 0.15) is 5.56 Å². The molecule has 0 saturated carbocycles. The molecule has 0 fully saturated rings. The Morgan fingerprint density at radius 3 is 2.58 bits per heavy atom. The standard InChI is InChI=1S/C14H9Cl2NO2/c15-10-5-4-9-8-3-1-2-7(6-11(18)19)13(8)17-14(9)12(10)16/h1-5,17H,6H2,(H,18,19). The van der Waals surface area contributed by atoms with Crippen LogP contribution in [0.4, 0.5) is 0 Å². The molecule has 2 aromatic carbocycles. The van der Waals surface area contributed by atoms with E-state index in [0.717, 1.165) is 27.4 Å². The quantitative estimate of drug-likeness (QED) is 0.742. The Bertz CT molecular complexity index is 808. The zero-order valence-corrected chi connectivity index (χ0v) is 11.2. The lowest BCUT2D eigenvalue weighted by Gasteiger charge is -1.99. The normalized spacial score (nSPS) is 11.3. The maximum Gasteiger partial charge on any atom is 0.307 e. The van der Waals surface area contributed by atoms with Gasteiger partial charge in [-0.15, -0.1) is 0 Å². The van der Waals surface area contributed by atoms with E-state index in [4.69, 9.17) is 28.3 Å². The van der Waals surface area contributed by atoms with Crippen LogP contribution in [-0.4, -0.2) is 16.1 Å². The average molecular weight is 294 g/mol. The van der Waals surface area contributed by atoms with Crippen molar-refractivity contribution in [1.82, 2.24) is 4.98 Å². The van der Waals surface area contributed by atoms with E-state index in [1.807, 2.05) is 18.2 Å². The van der Waals surface area contributed by atoms with Crippen LogP contribution in [-0.2, 0) is 11.2 Å². The summed E-state index contributed by atoms with van der Waals surface area (Å²) in [6.45, 7) is 0. The molecule has 0 radical (unpaired) electrons.